The third-order valence-corrected chi connectivity index (χ3v) is 6.27. The van der Waals surface area contributed by atoms with E-state index in [0.29, 0.717) is 19.0 Å². The lowest BCUT2D eigenvalue weighted by atomic mass is 9.56. The third kappa shape index (κ3) is 3.53. The molecule has 1 aliphatic carbocycles. The smallest absolute Gasteiger partial charge is 0.308 e. The normalized spacial score (nSPS) is 32.4. The van der Waals surface area contributed by atoms with Crippen LogP contribution in [0.15, 0.2) is 35.9 Å². The first kappa shape index (κ1) is 19.6. The highest BCUT2D eigenvalue weighted by Crippen LogP contribution is 2.57. The van der Waals surface area contributed by atoms with Crippen LogP contribution in [-0.2, 0) is 19.1 Å². The van der Waals surface area contributed by atoms with Gasteiger partial charge in [-0.2, -0.15) is 0 Å². The minimum atomic E-state index is -0.347. The highest BCUT2D eigenvalue weighted by atomic mass is 16.5. The molecule has 146 valence electrons. The van der Waals surface area contributed by atoms with Gasteiger partial charge in [0.15, 0.2) is 0 Å². The highest BCUT2D eigenvalue weighted by molar-refractivity contribution is 5.70. The molecule has 0 aromatic heterocycles. The predicted molar refractivity (Wildman–Crippen MR) is 101 cm³/mol. The van der Waals surface area contributed by atoms with Crippen LogP contribution in [0.5, 0.6) is 5.75 Å². The van der Waals surface area contributed by atoms with Crippen molar-refractivity contribution in [2.75, 3.05) is 13.2 Å². The Kier molecular flexibility index (Phi) is 5.43. The van der Waals surface area contributed by atoms with E-state index in [9.17, 15) is 9.59 Å². The fraction of sp³-hybridized carbons (Fsp3) is 0.545. The molecule has 2 bridgehead atoms. The number of rotatable bonds is 4. The number of benzene rings is 1. The molecule has 1 aromatic carbocycles. The minimum Gasteiger partial charge on any atom is -0.465 e. The molecule has 0 amide bonds. The van der Waals surface area contributed by atoms with Gasteiger partial charge < -0.3 is 14.2 Å². The molecule has 5 atom stereocenters. The highest BCUT2D eigenvalue weighted by Gasteiger charge is 2.54. The summed E-state index contributed by atoms with van der Waals surface area (Å²) < 4.78 is 17.2. The van der Waals surface area contributed by atoms with Gasteiger partial charge in [-0.15, -0.1) is 0 Å². The molecule has 1 aromatic rings. The van der Waals surface area contributed by atoms with E-state index in [4.69, 9.17) is 14.2 Å². The molecule has 2 aliphatic rings. The van der Waals surface area contributed by atoms with Crippen LogP contribution in [0.2, 0.25) is 0 Å². The second-order valence-electron chi connectivity index (χ2n) is 7.89. The number of carbonyl (C=O) groups excluding carboxylic acids is 2. The van der Waals surface area contributed by atoms with E-state index in [0.717, 1.165) is 5.56 Å². The zero-order chi connectivity index (χ0) is 19.8. The van der Waals surface area contributed by atoms with E-state index in [1.165, 1.54) is 19.4 Å². The fourth-order valence-electron chi connectivity index (χ4n) is 4.74. The summed E-state index contributed by atoms with van der Waals surface area (Å²) in [5, 5.41) is 0. The van der Waals surface area contributed by atoms with E-state index in [1.54, 1.807) is 6.07 Å². The molecule has 3 rings (SSSR count). The maximum Gasteiger partial charge on any atom is 0.308 e. The van der Waals surface area contributed by atoms with Gasteiger partial charge in [0.1, 0.15) is 5.75 Å². The Morgan fingerprint density at radius 2 is 1.89 bits per heavy atom. The Hall–Kier alpha value is -2.14. The van der Waals surface area contributed by atoms with Crippen LogP contribution in [0.25, 0.3) is 0 Å². The molecule has 1 fully saturated rings. The number of carbonyl (C=O) groups is 2. The third-order valence-electron chi connectivity index (χ3n) is 6.27. The van der Waals surface area contributed by atoms with Gasteiger partial charge in [-0.25, -0.2) is 0 Å². The lowest BCUT2D eigenvalue weighted by molar-refractivity contribution is -0.180. The van der Waals surface area contributed by atoms with Gasteiger partial charge in [0, 0.05) is 30.7 Å². The van der Waals surface area contributed by atoms with Crippen molar-refractivity contribution in [3.8, 4) is 5.75 Å². The van der Waals surface area contributed by atoms with Crippen LogP contribution < -0.4 is 4.74 Å². The van der Waals surface area contributed by atoms with Gasteiger partial charge in [0.2, 0.25) is 0 Å². The predicted octanol–water partition coefficient (Wildman–Crippen LogP) is 4.08. The van der Waals surface area contributed by atoms with Gasteiger partial charge in [0.25, 0.3) is 0 Å². The molecular formula is C22H28O5. The van der Waals surface area contributed by atoms with Crippen molar-refractivity contribution < 1.29 is 23.8 Å². The standard InChI is InChI=1S/C22H28O5/c1-13-10-14(2)22(11-25-16(4)23)12-26-21(20(13)15(22)3)18-8-6-7-9-19(18)27-17(5)24/h6-10,14-15,20-21H,11-12H2,1-5H3/t14-,15+,20-,21-,22-/m0/s1. The molecule has 0 N–H and O–H groups in total. The molecule has 0 saturated carbocycles. The second kappa shape index (κ2) is 7.47. The van der Waals surface area contributed by atoms with Crippen LogP contribution >= 0.6 is 0 Å². The van der Waals surface area contributed by atoms with Crippen molar-refractivity contribution in [2.24, 2.45) is 23.2 Å². The van der Waals surface area contributed by atoms with Crippen LogP contribution in [0.3, 0.4) is 0 Å². The van der Waals surface area contributed by atoms with E-state index in [1.807, 2.05) is 18.2 Å². The monoisotopic (exact) mass is 372 g/mol. The number of ether oxygens (including phenoxy) is 3. The number of para-hydroxylation sites is 1. The Balaban J connectivity index is 1.98. The maximum absolute atomic E-state index is 11.5. The lowest BCUT2D eigenvalue weighted by Gasteiger charge is -2.55. The molecule has 1 saturated heterocycles. The van der Waals surface area contributed by atoms with Crippen LogP contribution in [0.4, 0.5) is 0 Å². The lowest BCUT2D eigenvalue weighted by Crippen LogP contribution is -2.54. The Bertz CT molecular complexity index is 768. The summed E-state index contributed by atoms with van der Waals surface area (Å²) in [6, 6.07) is 7.54. The quantitative estimate of drug-likeness (QED) is 0.453. The molecule has 27 heavy (non-hydrogen) atoms. The van der Waals surface area contributed by atoms with Crippen LogP contribution in [-0.4, -0.2) is 25.2 Å². The van der Waals surface area contributed by atoms with Crippen molar-refractivity contribution in [3.05, 3.63) is 41.5 Å². The largest absolute Gasteiger partial charge is 0.465 e. The molecular weight excluding hydrogens is 344 g/mol. The molecule has 5 heteroatoms. The van der Waals surface area contributed by atoms with E-state index in [2.05, 4.69) is 26.8 Å². The molecule has 0 spiro atoms. The van der Waals surface area contributed by atoms with Crippen LogP contribution in [0.1, 0.15) is 46.3 Å². The SMILES string of the molecule is CC(=O)OC[C@]12CO[C@@H](c3ccccc3OC(C)=O)[C@@H](C(C)=C[C@@H]1C)[C@H]2C. The number of fused-ring (bicyclic) bond motifs is 2. The maximum atomic E-state index is 11.5. The summed E-state index contributed by atoms with van der Waals surface area (Å²) in [5.41, 5.74) is 1.90. The van der Waals surface area contributed by atoms with Gasteiger partial charge in [-0.05, 0) is 24.8 Å². The summed E-state index contributed by atoms with van der Waals surface area (Å²) >= 11 is 0. The van der Waals surface area contributed by atoms with Gasteiger partial charge >= 0.3 is 11.9 Å². The van der Waals surface area contributed by atoms with Gasteiger partial charge in [0.05, 0.1) is 19.3 Å². The van der Waals surface area contributed by atoms with Crippen LogP contribution in [0, 0.1) is 23.2 Å². The summed E-state index contributed by atoms with van der Waals surface area (Å²) in [4.78, 5) is 22.9. The Morgan fingerprint density at radius 3 is 2.56 bits per heavy atom. The molecule has 1 aliphatic heterocycles. The van der Waals surface area contributed by atoms with Crippen molar-refractivity contribution in [2.45, 2.75) is 40.7 Å². The Labute approximate surface area is 160 Å². The fourth-order valence-corrected chi connectivity index (χ4v) is 4.74. The van der Waals surface area contributed by atoms with Crippen molar-refractivity contribution >= 4 is 11.9 Å². The van der Waals surface area contributed by atoms with Crippen molar-refractivity contribution in [1.29, 1.82) is 0 Å². The van der Waals surface area contributed by atoms with Gasteiger partial charge in [-0.3, -0.25) is 9.59 Å². The molecule has 1 heterocycles. The molecule has 0 radical (unpaired) electrons. The Morgan fingerprint density at radius 1 is 1.19 bits per heavy atom. The first-order chi connectivity index (χ1) is 12.8. The van der Waals surface area contributed by atoms with Crippen molar-refractivity contribution in [3.63, 3.8) is 0 Å². The summed E-state index contributed by atoms with van der Waals surface area (Å²) in [7, 11) is 0. The first-order valence-corrected chi connectivity index (χ1v) is 9.47. The topological polar surface area (TPSA) is 61.8 Å². The number of hydrogen-bond acceptors (Lipinski definition) is 5. The zero-order valence-corrected chi connectivity index (χ0v) is 16.7. The van der Waals surface area contributed by atoms with Gasteiger partial charge in [-0.1, -0.05) is 43.7 Å². The first-order valence-electron chi connectivity index (χ1n) is 9.47. The average Bonchev–Trinajstić information content (AvgIpc) is 2.59. The average molecular weight is 372 g/mol. The molecule has 5 nitrogen and oxygen atoms in total. The summed E-state index contributed by atoms with van der Waals surface area (Å²) in [6.07, 6.45) is 2.07. The zero-order valence-electron chi connectivity index (χ0n) is 16.7. The van der Waals surface area contributed by atoms with E-state index < -0.39 is 0 Å². The van der Waals surface area contributed by atoms with Crippen molar-refractivity contribution in [1.82, 2.24) is 0 Å². The number of hydrogen-bond donors (Lipinski definition) is 0. The number of esters is 2. The minimum absolute atomic E-state index is 0.127. The second-order valence-corrected chi connectivity index (χ2v) is 7.89. The van der Waals surface area contributed by atoms with E-state index >= 15 is 0 Å². The van der Waals surface area contributed by atoms with E-state index in [-0.39, 0.29) is 41.2 Å². The summed E-state index contributed by atoms with van der Waals surface area (Å²) in [5.74, 6) is 0.547. The number of allylic oxidation sites excluding steroid dienone is 1. The molecule has 0 unspecified atom stereocenters. The summed E-state index contributed by atoms with van der Waals surface area (Å²) in [6.45, 7) is 10.2.